The van der Waals surface area contributed by atoms with Gasteiger partial charge in [-0.1, -0.05) is 19.2 Å². The molecule has 3 heteroatoms. The van der Waals surface area contributed by atoms with E-state index in [4.69, 9.17) is 4.74 Å². The molecule has 0 radical (unpaired) electrons. The van der Waals surface area contributed by atoms with Gasteiger partial charge in [-0.05, 0) is 12.1 Å². The average Bonchev–Trinajstić information content (AvgIpc) is 2.06. The zero-order valence-corrected chi connectivity index (χ0v) is 8.87. The summed E-state index contributed by atoms with van der Waals surface area (Å²) >= 11 is 0. The van der Waals surface area contributed by atoms with Gasteiger partial charge in [-0.3, -0.25) is 4.98 Å². The second-order valence-corrected chi connectivity index (χ2v) is 8.10. The third-order valence-electron chi connectivity index (χ3n) is 1.86. The van der Waals surface area contributed by atoms with Crippen LogP contribution in [0.15, 0.2) is 24.4 Å². The topological polar surface area (TPSA) is 22.1 Å². The number of pyridine rings is 1. The summed E-state index contributed by atoms with van der Waals surface area (Å²) < 4.78 is 5.18. The fraction of sp³-hybridized carbons (Fsp3) is 0.444. The molecule has 0 aliphatic rings. The molecule has 0 N–H and O–H groups in total. The summed E-state index contributed by atoms with van der Waals surface area (Å²) in [6.07, 6.45) is 2.68. The van der Waals surface area contributed by atoms with Gasteiger partial charge in [-0.2, -0.15) is 0 Å². The predicted molar refractivity (Wildman–Crippen MR) is 53.2 cm³/mol. The molecule has 0 spiro atoms. The maximum absolute atomic E-state index is 5.18. The number of rotatable bonds is 3. The lowest BCUT2D eigenvalue weighted by molar-refractivity contribution is 0.247. The standard InChI is InChI=1S/C9H15NOSi/c1-11-8-12(2,3)9-6-4-5-7-10-9/h4-7H,8H2,1-3H3. The SMILES string of the molecule is COC[Si](C)(C)c1ccccn1. The third kappa shape index (κ3) is 2.15. The number of ether oxygens (including phenoxy) is 1. The monoisotopic (exact) mass is 181 g/mol. The fourth-order valence-corrected chi connectivity index (χ4v) is 3.04. The lowest BCUT2D eigenvalue weighted by Gasteiger charge is -2.19. The molecule has 66 valence electrons. The van der Waals surface area contributed by atoms with Gasteiger partial charge in [0.05, 0.1) is 0 Å². The summed E-state index contributed by atoms with van der Waals surface area (Å²) in [5, 5.41) is 1.21. The fourth-order valence-electron chi connectivity index (χ4n) is 1.20. The van der Waals surface area contributed by atoms with Crippen LogP contribution in [-0.4, -0.2) is 26.4 Å². The normalized spacial score (nSPS) is 11.6. The van der Waals surface area contributed by atoms with Crippen LogP contribution < -0.4 is 5.32 Å². The maximum atomic E-state index is 5.18. The molecule has 1 heterocycles. The van der Waals surface area contributed by atoms with Gasteiger partial charge in [0.25, 0.3) is 0 Å². The number of hydrogen-bond donors (Lipinski definition) is 0. The van der Waals surface area contributed by atoms with E-state index in [1.165, 1.54) is 5.32 Å². The Balaban J connectivity index is 2.82. The summed E-state index contributed by atoms with van der Waals surface area (Å²) in [5.41, 5.74) is 0. The number of methoxy groups -OCH3 is 1. The van der Waals surface area contributed by atoms with Crippen LogP contribution in [0.4, 0.5) is 0 Å². The van der Waals surface area contributed by atoms with Gasteiger partial charge in [-0.15, -0.1) is 0 Å². The van der Waals surface area contributed by atoms with Crippen LogP contribution in [0.25, 0.3) is 0 Å². The van der Waals surface area contributed by atoms with Gasteiger partial charge in [0.1, 0.15) is 8.07 Å². The molecule has 0 aliphatic carbocycles. The number of hydrogen-bond acceptors (Lipinski definition) is 2. The van der Waals surface area contributed by atoms with Crippen molar-refractivity contribution in [2.45, 2.75) is 13.1 Å². The highest BCUT2D eigenvalue weighted by molar-refractivity contribution is 6.89. The van der Waals surface area contributed by atoms with Crippen LogP contribution in [0, 0.1) is 0 Å². The van der Waals surface area contributed by atoms with E-state index in [1.54, 1.807) is 7.11 Å². The van der Waals surface area contributed by atoms with Gasteiger partial charge in [0.2, 0.25) is 0 Å². The maximum Gasteiger partial charge on any atom is 0.132 e. The van der Waals surface area contributed by atoms with Crippen molar-refractivity contribution < 1.29 is 4.74 Å². The van der Waals surface area contributed by atoms with Crippen LogP contribution in [-0.2, 0) is 4.74 Å². The highest BCUT2D eigenvalue weighted by atomic mass is 28.3. The Bertz CT molecular complexity index is 236. The molecule has 0 aromatic carbocycles. The Labute approximate surface area is 74.6 Å². The molecule has 0 amide bonds. The van der Waals surface area contributed by atoms with E-state index in [0.29, 0.717) is 0 Å². The van der Waals surface area contributed by atoms with Crippen molar-refractivity contribution in [1.29, 1.82) is 0 Å². The van der Waals surface area contributed by atoms with E-state index < -0.39 is 8.07 Å². The quantitative estimate of drug-likeness (QED) is 0.653. The first kappa shape index (κ1) is 9.42. The zero-order chi connectivity index (χ0) is 9.03. The minimum atomic E-state index is -1.41. The predicted octanol–water partition coefficient (Wildman–Crippen LogP) is 1.18. The van der Waals surface area contributed by atoms with Gasteiger partial charge in [-0.25, -0.2) is 0 Å². The lowest BCUT2D eigenvalue weighted by atomic mass is 10.5. The van der Waals surface area contributed by atoms with Crippen LogP contribution in [0.5, 0.6) is 0 Å². The van der Waals surface area contributed by atoms with E-state index in [1.807, 2.05) is 18.3 Å². The summed E-state index contributed by atoms with van der Waals surface area (Å²) in [5.74, 6) is 0. The van der Waals surface area contributed by atoms with Crippen LogP contribution >= 0.6 is 0 Å². The van der Waals surface area contributed by atoms with E-state index in [2.05, 4.69) is 24.1 Å². The Hall–Kier alpha value is -0.673. The largest absolute Gasteiger partial charge is 0.387 e. The van der Waals surface area contributed by atoms with E-state index in [9.17, 15) is 0 Å². The van der Waals surface area contributed by atoms with E-state index in [-0.39, 0.29) is 0 Å². The van der Waals surface area contributed by atoms with E-state index >= 15 is 0 Å². The second kappa shape index (κ2) is 3.82. The van der Waals surface area contributed by atoms with Gasteiger partial charge in [0, 0.05) is 24.9 Å². The van der Waals surface area contributed by atoms with Gasteiger partial charge >= 0.3 is 0 Å². The molecule has 1 rings (SSSR count). The first-order valence-electron chi connectivity index (χ1n) is 4.07. The van der Waals surface area contributed by atoms with Gasteiger partial charge in [0.15, 0.2) is 0 Å². The Morgan fingerprint density at radius 2 is 2.17 bits per heavy atom. The summed E-state index contributed by atoms with van der Waals surface area (Å²) in [6, 6.07) is 6.07. The van der Waals surface area contributed by atoms with Crippen LogP contribution in [0.3, 0.4) is 0 Å². The van der Waals surface area contributed by atoms with Crippen molar-refractivity contribution in [3.05, 3.63) is 24.4 Å². The van der Waals surface area contributed by atoms with Crippen molar-refractivity contribution in [3.63, 3.8) is 0 Å². The second-order valence-electron chi connectivity index (χ2n) is 3.53. The molecule has 1 aromatic heterocycles. The van der Waals surface area contributed by atoms with Crippen molar-refractivity contribution in [2.75, 3.05) is 13.3 Å². The summed E-state index contributed by atoms with van der Waals surface area (Å²) in [4.78, 5) is 4.35. The Kier molecular flexibility index (Phi) is 3.00. The Morgan fingerprint density at radius 3 is 2.67 bits per heavy atom. The summed E-state index contributed by atoms with van der Waals surface area (Å²) in [7, 11) is 0.335. The molecule has 2 nitrogen and oxygen atoms in total. The molecule has 0 fully saturated rings. The van der Waals surface area contributed by atoms with Crippen LogP contribution in [0.2, 0.25) is 13.1 Å². The molecule has 0 unspecified atom stereocenters. The molecule has 0 aliphatic heterocycles. The molecule has 0 saturated carbocycles. The highest BCUT2D eigenvalue weighted by Gasteiger charge is 2.24. The molecule has 0 bridgehead atoms. The molecular formula is C9H15NOSi. The van der Waals surface area contributed by atoms with Crippen molar-refractivity contribution in [1.82, 2.24) is 4.98 Å². The summed E-state index contributed by atoms with van der Waals surface area (Å²) in [6.45, 7) is 4.53. The van der Waals surface area contributed by atoms with Crippen molar-refractivity contribution in [2.24, 2.45) is 0 Å². The average molecular weight is 181 g/mol. The van der Waals surface area contributed by atoms with Crippen LogP contribution in [0.1, 0.15) is 0 Å². The van der Waals surface area contributed by atoms with Crippen molar-refractivity contribution in [3.8, 4) is 0 Å². The Morgan fingerprint density at radius 1 is 1.42 bits per heavy atom. The van der Waals surface area contributed by atoms with Gasteiger partial charge < -0.3 is 4.74 Å². The van der Waals surface area contributed by atoms with Crippen molar-refractivity contribution >= 4 is 13.4 Å². The smallest absolute Gasteiger partial charge is 0.132 e. The first-order valence-corrected chi connectivity index (χ1v) is 7.28. The molecule has 1 aromatic rings. The highest BCUT2D eigenvalue weighted by Crippen LogP contribution is 2.00. The van der Waals surface area contributed by atoms with E-state index in [0.717, 1.165) is 6.23 Å². The minimum absolute atomic E-state index is 0.837. The zero-order valence-electron chi connectivity index (χ0n) is 7.87. The first-order chi connectivity index (χ1) is 5.67. The third-order valence-corrected chi connectivity index (χ3v) is 4.56. The number of aromatic nitrogens is 1. The molecule has 0 atom stereocenters. The molecule has 12 heavy (non-hydrogen) atoms. The molecular weight excluding hydrogens is 166 g/mol. The molecule has 0 saturated heterocycles. The number of nitrogens with zero attached hydrogens (tertiary/aromatic N) is 1. The lowest BCUT2D eigenvalue weighted by Crippen LogP contribution is -2.47. The minimum Gasteiger partial charge on any atom is -0.387 e.